The smallest absolute Gasteiger partial charge is 0.262 e. The highest BCUT2D eigenvalue weighted by molar-refractivity contribution is 7.92. The van der Waals surface area contributed by atoms with Gasteiger partial charge in [-0.2, -0.15) is 0 Å². The minimum absolute atomic E-state index is 0.0633. The van der Waals surface area contributed by atoms with Crippen LogP contribution in [0.2, 0.25) is 0 Å². The summed E-state index contributed by atoms with van der Waals surface area (Å²) in [5.74, 6) is 0.640. The second-order valence-electron chi connectivity index (χ2n) is 7.24. The van der Waals surface area contributed by atoms with Gasteiger partial charge in [0.15, 0.2) is 11.5 Å². The number of fused-ring (bicyclic) bond motifs is 1. The number of carbonyl (C=O) groups excluding carboxylic acids is 1. The van der Waals surface area contributed by atoms with Crippen LogP contribution in [0.1, 0.15) is 21.5 Å². The van der Waals surface area contributed by atoms with Crippen LogP contribution in [0.5, 0.6) is 11.5 Å². The van der Waals surface area contributed by atoms with Crippen molar-refractivity contribution < 1.29 is 22.7 Å². The molecule has 2 N–H and O–H groups in total. The molecule has 0 aliphatic carbocycles. The average molecular weight is 439 g/mol. The Morgan fingerprint density at radius 1 is 0.806 bits per heavy atom. The molecule has 1 amide bonds. The van der Waals surface area contributed by atoms with E-state index in [1.807, 2.05) is 32.0 Å². The molecule has 31 heavy (non-hydrogen) atoms. The maximum Gasteiger partial charge on any atom is 0.262 e. The van der Waals surface area contributed by atoms with E-state index in [0.29, 0.717) is 41.7 Å². The Balaban J connectivity index is 1.46. The fourth-order valence-electron chi connectivity index (χ4n) is 3.12. The summed E-state index contributed by atoms with van der Waals surface area (Å²) in [4.78, 5) is 12.6. The van der Waals surface area contributed by atoms with Gasteiger partial charge in [-0.3, -0.25) is 9.52 Å². The van der Waals surface area contributed by atoms with Crippen LogP contribution in [-0.2, 0) is 10.0 Å². The van der Waals surface area contributed by atoms with Crippen molar-refractivity contribution in [3.63, 3.8) is 0 Å². The number of ether oxygens (including phenoxy) is 2. The quantitative estimate of drug-likeness (QED) is 0.625. The van der Waals surface area contributed by atoms with Gasteiger partial charge in [-0.15, -0.1) is 0 Å². The molecule has 0 unspecified atom stereocenters. The first-order valence-electron chi connectivity index (χ1n) is 9.73. The zero-order valence-electron chi connectivity index (χ0n) is 17.1. The molecule has 4 rings (SSSR count). The molecule has 7 nitrogen and oxygen atoms in total. The number of nitrogens with one attached hydrogen (secondary N) is 2. The Hall–Kier alpha value is -3.52. The monoisotopic (exact) mass is 438 g/mol. The molecule has 0 fully saturated rings. The Labute approximate surface area is 181 Å². The molecule has 0 atom stereocenters. The van der Waals surface area contributed by atoms with Gasteiger partial charge in [0.2, 0.25) is 0 Å². The van der Waals surface area contributed by atoms with E-state index in [2.05, 4.69) is 10.0 Å². The van der Waals surface area contributed by atoms with Gasteiger partial charge in [-0.05, 0) is 73.5 Å². The highest BCUT2D eigenvalue weighted by atomic mass is 32.2. The lowest BCUT2D eigenvalue weighted by molar-refractivity contribution is 0.102. The molecule has 1 heterocycles. The second-order valence-corrected chi connectivity index (χ2v) is 8.92. The molecule has 1 aliphatic heterocycles. The minimum atomic E-state index is -3.82. The summed E-state index contributed by atoms with van der Waals surface area (Å²) in [6.07, 6.45) is 0. The summed E-state index contributed by atoms with van der Waals surface area (Å²) in [6, 6.07) is 16.4. The molecular weight excluding hydrogens is 416 g/mol. The van der Waals surface area contributed by atoms with Gasteiger partial charge in [0, 0.05) is 23.0 Å². The average Bonchev–Trinajstić information content (AvgIpc) is 2.76. The van der Waals surface area contributed by atoms with Crippen LogP contribution in [0.25, 0.3) is 0 Å². The van der Waals surface area contributed by atoms with Crippen LogP contribution in [0.4, 0.5) is 11.4 Å². The molecule has 0 aromatic heterocycles. The van der Waals surface area contributed by atoms with Crippen molar-refractivity contribution in [2.45, 2.75) is 18.7 Å². The molecule has 8 heteroatoms. The minimum Gasteiger partial charge on any atom is -0.486 e. The fraction of sp³-hybridized carbons (Fsp3) is 0.174. The zero-order chi connectivity index (χ0) is 22.0. The lowest BCUT2D eigenvalue weighted by atomic mass is 10.1. The maximum absolute atomic E-state index is 12.7. The summed E-state index contributed by atoms with van der Waals surface area (Å²) >= 11 is 0. The number of amides is 1. The number of carbonyl (C=O) groups is 1. The first kappa shape index (κ1) is 20.7. The predicted octanol–water partition coefficient (Wildman–Crippen LogP) is 4.13. The number of hydrogen-bond donors (Lipinski definition) is 2. The van der Waals surface area contributed by atoms with E-state index in [9.17, 15) is 13.2 Å². The van der Waals surface area contributed by atoms with Crippen LogP contribution >= 0.6 is 0 Å². The second kappa shape index (κ2) is 8.31. The van der Waals surface area contributed by atoms with Gasteiger partial charge in [-0.25, -0.2) is 8.42 Å². The Morgan fingerprint density at radius 2 is 1.48 bits per heavy atom. The van der Waals surface area contributed by atoms with Crippen LogP contribution in [0.3, 0.4) is 0 Å². The van der Waals surface area contributed by atoms with Gasteiger partial charge >= 0.3 is 0 Å². The van der Waals surface area contributed by atoms with Gasteiger partial charge in [0.05, 0.1) is 4.90 Å². The topological polar surface area (TPSA) is 93.7 Å². The molecule has 0 spiro atoms. The Kier molecular flexibility index (Phi) is 5.56. The normalized spacial score (nSPS) is 12.8. The number of sulfonamides is 1. The van der Waals surface area contributed by atoms with E-state index in [1.165, 1.54) is 12.1 Å². The summed E-state index contributed by atoms with van der Waals surface area (Å²) in [7, 11) is -3.82. The molecular formula is C23H22N2O5S. The maximum atomic E-state index is 12.7. The van der Waals surface area contributed by atoms with Crippen molar-refractivity contribution in [3.05, 3.63) is 77.4 Å². The molecule has 3 aromatic carbocycles. The summed E-state index contributed by atoms with van der Waals surface area (Å²) in [5, 5.41) is 2.85. The van der Waals surface area contributed by atoms with Gasteiger partial charge < -0.3 is 14.8 Å². The van der Waals surface area contributed by atoms with Crippen molar-refractivity contribution >= 4 is 27.3 Å². The standard InChI is InChI=1S/C23H22N2O5S/c1-15-3-6-19(13-16(15)2)24-23(26)17-4-7-18(8-5-17)25-31(27,28)20-9-10-21-22(14-20)30-12-11-29-21/h3-10,13-14,25H,11-12H2,1-2H3,(H,24,26). The third-order valence-corrected chi connectivity index (χ3v) is 6.37. The lowest BCUT2D eigenvalue weighted by Gasteiger charge is -2.19. The molecule has 0 radical (unpaired) electrons. The van der Waals surface area contributed by atoms with Crippen molar-refractivity contribution in [2.75, 3.05) is 23.3 Å². The SMILES string of the molecule is Cc1ccc(NC(=O)c2ccc(NS(=O)(=O)c3ccc4c(c3)OCCO4)cc2)cc1C. The number of aryl methyl sites for hydroxylation is 2. The number of anilines is 2. The van der Waals surface area contributed by atoms with E-state index in [0.717, 1.165) is 11.1 Å². The molecule has 160 valence electrons. The molecule has 0 bridgehead atoms. The van der Waals surface area contributed by atoms with Gasteiger partial charge in [0.1, 0.15) is 13.2 Å². The number of hydrogen-bond acceptors (Lipinski definition) is 5. The van der Waals surface area contributed by atoms with E-state index in [-0.39, 0.29) is 10.8 Å². The highest BCUT2D eigenvalue weighted by Crippen LogP contribution is 2.32. The van der Waals surface area contributed by atoms with E-state index in [4.69, 9.17) is 9.47 Å². The lowest BCUT2D eigenvalue weighted by Crippen LogP contribution is -2.17. The first-order chi connectivity index (χ1) is 14.8. The summed E-state index contributed by atoms with van der Waals surface area (Å²) in [5.41, 5.74) is 3.70. The van der Waals surface area contributed by atoms with Crippen LogP contribution in [0.15, 0.2) is 65.6 Å². The van der Waals surface area contributed by atoms with E-state index >= 15 is 0 Å². The van der Waals surface area contributed by atoms with Crippen molar-refractivity contribution in [1.29, 1.82) is 0 Å². The summed E-state index contributed by atoms with van der Waals surface area (Å²) in [6.45, 7) is 4.79. The van der Waals surface area contributed by atoms with Gasteiger partial charge in [-0.1, -0.05) is 6.07 Å². The van der Waals surface area contributed by atoms with Gasteiger partial charge in [0.25, 0.3) is 15.9 Å². The van der Waals surface area contributed by atoms with E-state index < -0.39 is 10.0 Å². The molecule has 0 saturated carbocycles. The molecule has 1 aliphatic rings. The number of rotatable bonds is 5. The summed E-state index contributed by atoms with van der Waals surface area (Å²) < 4.78 is 38.8. The first-order valence-corrected chi connectivity index (χ1v) is 11.2. The Bertz CT molecular complexity index is 1240. The van der Waals surface area contributed by atoms with E-state index in [1.54, 1.807) is 30.3 Å². The van der Waals surface area contributed by atoms with Crippen LogP contribution < -0.4 is 19.5 Å². The van der Waals surface area contributed by atoms with Crippen LogP contribution in [-0.4, -0.2) is 27.5 Å². The third kappa shape index (κ3) is 4.64. The predicted molar refractivity (Wildman–Crippen MR) is 119 cm³/mol. The largest absolute Gasteiger partial charge is 0.486 e. The van der Waals surface area contributed by atoms with Crippen molar-refractivity contribution in [3.8, 4) is 11.5 Å². The van der Waals surface area contributed by atoms with Crippen LogP contribution in [0, 0.1) is 13.8 Å². The van der Waals surface area contributed by atoms with Crippen molar-refractivity contribution in [1.82, 2.24) is 0 Å². The zero-order valence-corrected chi connectivity index (χ0v) is 18.0. The third-order valence-electron chi connectivity index (χ3n) is 4.99. The fourth-order valence-corrected chi connectivity index (χ4v) is 4.19. The molecule has 3 aromatic rings. The Morgan fingerprint density at radius 3 is 2.19 bits per heavy atom. The molecule has 0 saturated heterocycles. The van der Waals surface area contributed by atoms with Crippen molar-refractivity contribution in [2.24, 2.45) is 0 Å². The highest BCUT2D eigenvalue weighted by Gasteiger charge is 2.19. The number of benzene rings is 3.